The first-order valence-electron chi connectivity index (χ1n) is 11.6. The molecular formula is C27H29NO4S. The van der Waals surface area contributed by atoms with Gasteiger partial charge in [0, 0.05) is 29.6 Å². The van der Waals surface area contributed by atoms with Gasteiger partial charge in [-0.05, 0) is 67.0 Å². The lowest BCUT2D eigenvalue weighted by atomic mass is 9.77. The van der Waals surface area contributed by atoms with Gasteiger partial charge < -0.3 is 10.4 Å². The number of fused-ring (bicyclic) bond motifs is 1. The molecule has 0 saturated heterocycles. The van der Waals surface area contributed by atoms with Crippen LogP contribution in [0.2, 0.25) is 0 Å². The molecule has 1 aliphatic rings. The number of ketones is 1. The number of benzene rings is 2. The molecule has 0 unspecified atom stereocenters. The van der Waals surface area contributed by atoms with Crippen LogP contribution in [0.4, 0.5) is 0 Å². The van der Waals surface area contributed by atoms with Crippen molar-refractivity contribution in [2.75, 3.05) is 6.54 Å². The van der Waals surface area contributed by atoms with Gasteiger partial charge in [-0.15, -0.1) is 11.3 Å². The number of amides is 1. The summed E-state index contributed by atoms with van der Waals surface area (Å²) < 4.78 is 1.09. The van der Waals surface area contributed by atoms with E-state index >= 15 is 0 Å². The minimum absolute atomic E-state index is 0.0860. The van der Waals surface area contributed by atoms with Gasteiger partial charge in [0.2, 0.25) is 0 Å². The number of nitrogens with one attached hydrogen (secondary N) is 1. The van der Waals surface area contributed by atoms with Gasteiger partial charge in [0.1, 0.15) is 0 Å². The van der Waals surface area contributed by atoms with Crippen molar-refractivity contribution in [3.63, 3.8) is 0 Å². The molecule has 1 amide bonds. The summed E-state index contributed by atoms with van der Waals surface area (Å²) in [4.78, 5) is 36.5. The smallest absolute Gasteiger partial charge is 0.303 e. The first kappa shape index (κ1) is 23.2. The van der Waals surface area contributed by atoms with E-state index in [-0.39, 0.29) is 18.1 Å². The van der Waals surface area contributed by atoms with Gasteiger partial charge in [-0.1, -0.05) is 42.5 Å². The van der Waals surface area contributed by atoms with E-state index in [2.05, 4.69) is 5.32 Å². The zero-order valence-electron chi connectivity index (χ0n) is 18.6. The number of carbonyl (C=O) groups excluding carboxylic acids is 2. The molecule has 6 heteroatoms. The Balaban J connectivity index is 1.20. The second-order valence-electron chi connectivity index (χ2n) is 8.87. The quantitative estimate of drug-likeness (QED) is 0.299. The van der Waals surface area contributed by atoms with E-state index in [1.54, 1.807) is 0 Å². The lowest BCUT2D eigenvalue weighted by Gasteiger charge is -2.28. The maximum absolute atomic E-state index is 12.5. The maximum atomic E-state index is 12.5. The zero-order valence-corrected chi connectivity index (χ0v) is 19.4. The number of carboxylic acid groups (broad SMARTS) is 1. The summed E-state index contributed by atoms with van der Waals surface area (Å²) in [5, 5.41) is 12.9. The van der Waals surface area contributed by atoms with Crippen LogP contribution in [0.15, 0.2) is 54.6 Å². The summed E-state index contributed by atoms with van der Waals surface area (Å²) in [6.07, 6.45) is 5.17. The summed E-state index contributed by atoms with van der Waals surface area (Å²) in [6, 6.07) is 17.7. The van der Waals surface area contributed by atoms with Gasteiger partial charge in [-0.3, -0.25) is 14.4 Å². The summed E-state index contributed by atoms with van der Waals surface area (Å²) in [6.45, 7) is 0.469. The van der Waals surface area contributed by atoms with Crippen molar-refractivity contribution >= 4 is 39.1 Å². The number of carboxylic acids is 1. The average molecular weight is 464 g/mol. The van der Waals surface area contributed by atoms with Crippen molar-refractivity contribution in [1.29, 1.82) is 0 Å². The van der Waals surface area contributed by atoms with Crippen molar-refractivity contribution in [3.8, 4) is 0 Å². The fourth-order valence-electron chi connectivity index (χ4n) is 4.66. The van der Waals surface area contributed by atoms with Crippen molar-refractivity contribution in [2.45, 2.75) is 50.9 Å². The van der Waals surface area contributed by atoms with Crippen molar-refractivity contribution in [3.05, 3.63) is 70.6 Å². The van der Waals surface area contributed by atoms with E-state index in [1.807, 2.05) is 54.6 Å². The van der Waals surface area contributed by atoms with Crippen LogP contribution in [-0.4, -0.2) is 29.3 Å². The molecular weight excluding hydrogens is 434 g/mol. The molecule has 1 fully saturated rings. The molecule has 0 aliphatic heterocycles. The second-order valence-corrected chi connectivity index (χ2v) is 9.95. The molecule has 172 valence electrons. The number of aliphatic carboxylic acids is 1. The van der Waals surface area contributed by atoms with E-state index in [0.717, 1.165) is 35.8 Å². The first-order valence-corrected chi connectivity index (χ1v) is 12.4. The molecule has 0 spiro atoms. The van der Waals surface area contributed by atoms with E-state index in [1.165, 1.54) is 16.9 Å². The molecule has 1 aromatic heterocycles. The van der Waals surface area contributed by atoms with Crippen molar-refractivity contribution in [1.82, 2.24) is 5.32 Å². The normalized spacial score (nSPS) is 18.2. The van der Waals surface area contributed by atoms with Gasteiger partial charge in [0.25, 0.3) is 5.91 Å². The average Bonchev–Trinajstić information content (AvgIpc) is 3.26. The standard InChI is InChI=1S/C27H29NO4S/c29-23(5-3-15-28-27(32)25-17-22-4-1-2-6-24(22)33-25)21-13-11-20(12-14-21)19-9-7-18(8-10-19)16-26(30)31/h1-2,4,6,11-14,17-19H,3,5,7-10,15-16H2,(H,28,32)(H,30,31). The minimum Gasteiger partial charge on any atom is -0.481 e. The number of rotatable bonds is 9. The van der Waals surface area contributed by atoms with Crippen molar-refractivity contribution < 1.29 is 19.5 Å². The fourth-order valence-corrected chi connectivity index (χ4v) is 5.64. The lowest BCUT2D eigenvalue weighted by molar-refractivity contribution is -0.138. The third-order valence-corrected chi connectivity index (χ3v) is 7.64. The molecule has 1 aliphatic carbocycles. The monoisotopic (exact) mass is 463 g/mol. The van der Waals surface area contributed by atoms with E-state index < -0.39 is 5.97 Å². The Morgan fingerprint density at radius 1 is 0.970 bits per heavy atom. The molecule has 3 aromatic rings. The van der Waals surface area contributed by atoms with E-state index in [0.29, 0.717) is 41.7 Å². The fraction of sp³-hybridized carbons (Fsp3) is 0.370. The molecule has 2 N–H and O–H groups in total. The highest BCUT2D eigenvalue weighted by Gasteiger charge is 2.24. The van der Waals surface area contributed by atoms with Crippen LogP contribution in [0.1, 0.15) is 76.5 Å². The molecule has 5 nitrogen and oxygen atoms in total. The Kier molecular flexibility index (Phi) is 7.55. The Morgan fingerprint density at radius 3 is 2.39 bits per heavy atom. The molecule has 2 aromatic carbocycles. The van der Waals surface area contributed by atoms with Crippen LogP contribution in [0, 0.1) is 5.92 Å². The topological polar surface area (TPSA) is 83.5 Å². The van der Waals surface area contributed by atoms with E-state index in [9.17, 15) is 14.4 Å². The second kappa shape index (κ2) is 10.8. The van der Waals surface area contributed by atoms with Crippen molar-refractivity contribution in [2.24, 2.45) is 5.92 Å². The number of Topliss-reactive ketones (excluding diaryl/α,β-unsaturated/α-hetero) is 1. The molecule has 1 saturated carbocycles. The Labute approximate surface area is 197 Å². The highest BCUT2D eigenvalue weighted by atomic mass is 32.1. The SMILES string of the molecule is O=C(O)CC1CCC(c2ccc(C(=O)CCCNC(=O)c3cc4ccccc4s3)cc2)CC1. The number of thiophene rings is 1. The van der Waals surface area contributed by atoms with Gasteiger partial charge in [-0.25, -0.2) is 0 Å². The minimum atomic E-state index is -0.707. The Bertz CT molecular complexity index is 1090. The lowest BCUT2D eigenvalue weighted by Crippen LogP contribution is -2.24. The van der Waals surface area contributed by atoms with E-state index in [4.69, 9.17) is 5.11 Å². The van der Waals surface area contributed by atoms with Crippen LogP contribution >= 0.6 is 11.3 Å². The molecule has 4 rings (SSSR count). The van der Waals surface area contributed by atoms with Crippen LogP contribution < -0.4 is 5.32 Å². The molecule has 0 radical (unpaired) electrons. The third kappa shape index (κ3) is 6.08. The van der Waals surface area contributed by atoms with Crippen LogP contribution in [0.25, 0.3) is 10.1 Å². The van der Waals surface area contributed by atoms with Crippen LogP contribution in [-0.2, 0) is 4.79 Å². The zero-order chi connectivity index (χ0) is 23.2. The Hall–Kier alpha value is -2.99. The molecule has 0 atom stereocenters. The molecule has 33 heavy (non-hydrogen) atoms. The summed E-state index contributed by atoms with van der Waals surface area (Å²) >= 11 is 1.48. The summed E-state index contributed by atoms with van der Waals surface area (Å²) in [7, 11) is 0. The van der Waals surface area contributed by atoms with Crippen LogP contribution in [0.5, 0.6) is 0 Å². The predicted molar refractivity (Wildman–Crippen MR) is 131 cm³/mol. The first-order chi connectivity index (χ1) is 16.0. The summed E-state index contributed by atoms with van der Waals surface area (Å²) in [5.41, 5.74) is 1.94. The molecule has 0 bridgehead atoms. The predicted octanol–water partition coefficient (Wildman–Crippen LogP) is 6.04. The highest BCUT2D eigenvalue weighted by Crippen LogP contribution is 2.37. The number of carbonyl (C=O) groups is 3. The van der Waals surface area contributed by atoms with Gasteiger partial charge >= 0.3 is 5.97 Å². The summed E-state index contributed by atoms with van der Waals surface area (Å²) in [5.74, 6) is 0.0251. The van der Waals surface area contributed by atoms with Crippen LogP contribution in [0.3, 0.4) is 0 Å². The van der Waals surface area contributed by atoms with Gasteiger partial charge in [0.05, 0.1) is 4.88 Å². The third-order valence-electron chi connectivity index (χ3n) is 6.53. The largest absolute Gasteiger partial charge is 0.481 e. The molecule has 1 heterocycles. The number of hydrogen-bond acceptors (Lipinski definition) is 4. The van der Waals surface area contributed by atoms with Gasteiger partial charge in [0.15, 0.2) is 5.78 Å². The van der Waals surface area contributed by atoms with Gasteiger partial charge in [-0.2, -0.15) is 0 Å². The maximum Gasteiger partial charge on any atom is 0.303 e. The number of hydrogen-bond donors (Lipinski definition) is 2. The highest BCUT2D eigenvalue weighted by molar-refractivity contribution is 7.20. The Morgan fingerprint density at radius 2 is 1.70 bits per heavy atom.